The zero-order chi connectivity index (χ0) is 11.7. The minimum Gasteiger partial charge on any atom is -0.371 e. The van der Waals surface area contributed by atoms with Crippen molar-refractivity contribution in [3.8, 4) is 0 Å². The lowest BCUT2D eigenvalue weighted by Crippen LogP contribution is -2.24. The monoisotopic (exact) mass is 230 g/mol. The minimum atomic E-state index is 0.128. The predicted octanol–water partition coefficient (Wildman–Crippen LogP) is 4.28. The van der Waals surface area contributed by atoms with Crippen LogP contribution in [-0.2, 0) is 4.74 Å². The largest absolute Gasteiger partial charge is 0.371 e. The van der Waals surface area contributed by atoms with E-state index in [-0.39, 0.29) is 5.60 Å². The summed E-state index contributed by atoms with van der Waals surface area (Å²) in [5.41, 5.74) is 1.58. The highest BCUT2D eigenvalue weighted by atomic mass is 16.5. The van der Waals surface area contributed by atoms with Crippen LogP contribution in [0.5, 0.6) is 0 Å². The van der Waals surface area contributed by atoms with Crippen molar-refractivity contribution in [2.24, 2.45) is 0 Å². The molecule has 92 valence electrons. The summed E-state index contributed by atoms with van der Waals surface area (Å²) in [4.78, 5) is 0. The summed E-state index contributed by atoms with van der Waals surface area (Å²) in [6.45, 7) is 2.29. The van der Waals surface area contributed by atoms with Gasteiger partial charge in [0.15, 0.2) is 0 Å². The van der Waals surface area contributed by atoms with Crippen LogP contribution in [0.15, 0.2) is 30.3 Å². The Morgan fingerprint density at radius 3 is 2.47 bits per heavy atom. The van der Waals surface area contributed by atoms with Crippen LogP contribution >= 0.6 is 0 Å². The van der Waals surface area contributed by atoms with E-state index in [1.807, 2.05) is 0 Å². The van der Waals surface area contributed by atoms with Gasteiger partial charge in [-0.05, 0) is 31.7 Å². The second-order valence-corrected chi connectivity index (χ2v) is 5.86. The first-order chi connectivity index (χ1) is 8.28. The van der Waals surface area contributed by atoms with Crippen LogP contribution < -0.4 is 0 Å². The van der Waals surface area contributed by atoms with Gasteiger partial charge in [-0.1, -0.05) is 49.6 Å². The molecule has 0 aromatic heterocycles. The Bertz CT molecular complexity index is 366. The van der Waals surface area contributed by atoms with Crippen molar-refractivity contribution in [3.05, 3.63) is 35.9 Å². The molecule has 2 atom stereocenters. The molecule has 3 rings (SSSR count). The third-order valence-electron chi connectivity index (χ3n) is 4.38. The molecule has 2 aliphatic rings. The Morgan fingerprint density at radius 1 is 1.06 bits per heavy atom. The van der Waals surface area contributed by atoms with Gasteiger partial charge in [-0.15, -0.1) is 0 Å². The highest BCUT2D eigenvalue weighted by molar-refractivity contribution is 5.30. The molecule has 1 heteroatoms. The Hall–Kier alpha value is -0.820. The smallest absolute Gasteiger partial charge is 0.0734 e. The first kappa shape index (κ1) is 11.3. The van der Waals surface area contributed by atoms with E-state index in [4.69, 9.17) is 4.74 Å². The molecule has 0 radical (unpaired) electrons. The molecule has 1 nitrogen and oxygen atoms in total. The molecule has 2 fully saturated rings. The quantitative estimate of drug-likeness (QED) is 0.753. The van der Waals surface area contributed by atoms with E-state index in [1.165, 1.54) is 44.1 Å². The van der Waals surface area contributed by atoms with Crippen molar-refractivity contribution in [2.75, 3.05) is 0 Å². The van der Waals surface area contributed by atoms with Gasteiger partial charge in [0.1, 0.15) is 0 Å². The van der Waals surface area contributed by atoms with E-state index in [0.717, 1.165) is 0 Å². The Balaban J connectivity index is 1.61. The molecule has 0 saturated heterocycles. The van der Waals surface area contributed by atoms with Crippen LogP contribution in [-0.4, -0.2) is 11.7 Å². The van der Waals surface area contributed by atoms with Crippen LogP contribution in [0, 0.1) is 0 Å². The Labute approximate surface area is 104 Å². The zero-order valence-corrected chi connectivity index (χ0v) is 10.7. The molecule has 2 unspecified atom stereocenters. The molecule has 2 saturated carbocycles. The van der Waals surface area contributed by atoms with Gasteiger partial charge in [-0.25, -0.2) is 0 Å². The highest BCUT2D eigenvalue weighted by Crippen LogP contribution is 2.55. The number of benzene rings is 1. The minimum absolute atomic E-state index is 0.128. The maximum Gasteiger partial charge on any atom is 0.0734 e. The van der Waals surface area contributed by atoms with Crippen molar-refractivity contribution in [2.45, 2.75) is 63.1 Å². The highest BCUT2D eigenvalue weighted by Gasteiger charge is 2.53. The summed E-state index contributed by atoms with van der Waals surface area (Å²) in [5.74, 6) is 0.630. The first-order valence-corrected chi connectivity index (χ1v) is 7.01. The SMILES string of the molecule is CC1(OC2CCCCC2)CC1c1ccccc1. The van der Waals surface area contributed by atoms with Crippen molar-refractivity contribution in [1.82, 2.24) is 0 Å². The number of hydrogen-bond donors (Lipinski definition) is 0. The van der Waals surface area contributed by atoms with Crippen LogP contribution in [0.1, 0.15) is 56.9 Å². The van der Waals surface area contributed by atoms with Gasteiger partial charge in [0.05, 0.1) is 11.7 Å². The molecule has 0 bridgehead atoms. The second-order valence-electron chi connectivity index (χ2n) is 5.86. The van der Waals surface area contributed by atoms with Gasteiger partial charge < -0.3 is 4.74 Å². The summed E-state index contributed by atoms with van der Waals surface area (Å²) in [6, 6.07) is 10.8. The fraction of sp³-hybridized carbons (Fsp3) is 0.625. The third kappa shape index (κ3) is 2.40. The summed E-state index contributed by atoms with van der Waals surface area (Å²) < 4.78 is 6.36. The van der Waals surface area contributed by atoms with Gasteiger partial charge in [0.2, 0.25) is 0 Å². The molecule has 0 aliphatic heterocycles. The Kier molecular flexibility index (Phi) is 2.96. The number of rotatable bonds is 3. The first-order valence-electron chi connectivity index (χ1n) is 7.01. The second kappa shape index (κ2) is 4.45. The predicted molar refractivity (Wildman–Crippen MR) is 70.2 cm³/mol. The van der Waals surface area contributed by atoms with E-state index >= 15 is 0 Å². The van der Waals surface area contributed by atoms with Gasteiger partial charge in [0, 0.05) is 5.92 Å². The maximum atomic E-state index is 6.36. The number of ether oxygens (including phenoxy) is 1. The molecular weight excluding hydrogens is 208 g/mol. The van der Waals surface area contributed by atoms with Gasteiger partial charge >= 0.3 is 0 Å². The van der Waals surface area contributed by atoms with Gasteiger partial charge in [0.25, 0.3) is 0 Å². The lowest BCUT2D eigenvalue weighted by atomic mass is 9.97. The van der Waals surface area contributed by atoms with Crippen LogP contribution in [0.25, 0.3) is 0 Å². The normalized spacial score (nSPS) is 33.6. The molecule has 0 heterocycles. The van der Waals surface area contributed by atoms with Crippen LogP contribution in [0.2, 0.25) is 0 Å². The average molecular weight is 230 g/mol. The van der Waals surface area contributed by atoms with E-state index in [2.05, 4.69) is 37.3 Å². The fourth-order valence-corrected chi connectivity index (χ4v) is 3.20. The molecule has 1 aromatic rings. The third-order valence-corrected chi connectivity index (χ3v) is 4.38. The summed E-state index contributed by atoms with van der Waals surface area (Å²) in [6.07, 6.45) is 8.40. The lowest BCUT2D eigenvalue weighted by molar-refractivity contribution is -0.0399. The molecule has 1 aromatic carbocycles. The zero-order valence-electron chi connectivity index (χ0n) is 10.7. The van der Waals surface area contributed by atoms with Crippen molar-refractivity contribution < 1.29 is 4.74 Å². The van der Waals surface area contributed by atoms with Crippen LogP contribution in [0.4, 0.5) is 0 Å². The van der Waals surface area contributed by atoms with Crippen molar-refractivity contribution in [1.29, 1.82) is 0 Å². The molecular formula is C16H22O. The van der Waals surface area contributed by atoms with Gasteiger partial charge in [-0.3, -0.25) is 0 Å². The topological polar surface area (TPSA) is 9.23 Å². The van der Waals surface area contributed by atoms with E-state index in [9.17, 15) is 0 Å². The van der Waals surface area contributed by atoms with E-state index in [0.29, 0.717) is 12.0 Å². The summed E-state index contributed by atoms with van der Waals surface area (Å²) in [5, 5.41) is 0. The lowest BCUT2D eigenvalue weighted by Gasteiger charge is -2.26. The molecule has 2 aliphatic carbocycles. The molecule has 0 N–H and O–H groups in total. The van der Waals surface area contributed by atoms with Crippen molar-refractivity contribution >= 4 is 0 Å². The van der Waals surface area contributed by atoms with Crippen LogP contribution in [0.3, 0.4) is 0 Å². The summed E-state index contributed by atoms with van der Waals surface area (Å²) >= 11 is 0. The van der Waals surface area contributed by atoms with E-state index < -0.39 is 0 Å². The molecule has 0 amide bonds. The van der Waals surface area contributed by atoms with Gasteiger partial charge in [-0.2, -0.15) is 0 Å². The fourth-order valence-electron chi connectivity index (χ4n) is 3.20. The maximum absolute atomic E-state index is 6.36. The standard InChI is InChI=1S/C16H22O/c1-16(17-14-10-6-3-7-11-14)12-15(16)13-8-4-2-5-9-13/h2,4-5,8-9,14-15H,3,6-7,10-12H2,1H3. The van der Waals surface area contributed by atoms with E-state index in [1.54, 1.807) is 0 Å². The Morgan fingerprint density at radius 2 is 1.76 bits per heavy atom. The molecule has 17 heavy (non-hydrogen) atoms. The average Bonchev–Trinajstić information content (AvgIpc) is 3.03. The van der Waals surface area contributed by atoms with Crippen molar-refractivity contribution in [3.63, 3.8) is 0 Å². The summed E-state index contributed by atoms with van der Waals surface area (Å²) in [7, 11) is 0. The molecule has 0 spiro atoms. The number of hydrogen-bond acceptors (Lipinski definition) is 1.